The maximum absolute atomic E-state index is 12.9. The van der Waals surface area contributed by atoms with Crippen LogP contribution < -0.4 is 10.1 Å². The molecular formula is C26H22BrCl2N3O2. The Balaban J connectivity index is 1.42. The van der Waals surface area contributed by atoms with Crippen molar-refractivity contribution in [3.63, 3.8) is 0 Å². The van der Waals surface area contributed by atoms with E-state index in [4.69, 9.17) is 27.9 Å². The van der Waals surface area contributed by atoms with E-state index in [1.807, 2.05) is 50.2 Å². The number of anilines is 1. The Labute approximate surface area is 216 Å². The highest BCUT2D eigenvalue weighted by Crippen LogP contribution is 2.25. The van der Waals surface area contributed by atoms with Crippen LogP contribution in [0.15, 0.2) is 71.3 Å². The summed E-state index contributed by atoms with van der Waals surface area (Å²) in [6.45, 7) is 4.87. The number of halogens is 3. The Bertz CT molecular complexity index is 1350. The molecule has 34 heavy (non-hydrogen) atoms. The van der Waals surface area contributed by atoms with Gasteiger partial charge in [0.05, 0.1) is 11.0 Å². The van der Waals surface area contributed by atoms with Gasteiger partial charge in [-0.1, -0.05) is 59.1 Å². The molecule has 0 saturated carbocycles. The van der Waals surface area contributed by atoms with Crippen molar-refractivity contribution in [2.24, 2.45) is 0 Å². The van der Waals surface area contributed by atoms with Gasteiger partial charge in [-0.3, -0.25) is 9.48 Å². The number of hydrogen-bond donors (Lipinski definition) is 1. The number of carbonyl (C=O) groups excluding carboxylic acids is 1. The zero-order valence-corrected chi connectivity index (χ0v) is 21.7. The van der Waals surface area contributed by atoms with E-state index < -0.39 is 0 Å². The fourth-order valence-electron chi connectivity index (χ4n) is 3.49. The van der Waals surface area contributed by atoms with Crippen LogP contribution in [-0.2, 0) is 13.2 Å². The number of carbonyl (C=O) groups is 1. The van der Waals surface area contributed by atoms with Gasteiger partial charge in [0.2, 0.25) is 0 Å². The van der Waals surface area contributed by atoms with Crippen molar-refractivity contribution in [1.82, 2.24) is 9.78 Å². The summed E-state index contributed by atoms with van der Waals surface area (Å²) in [5, 5.41) is 8.46. The smallest absolute Gasteiger partial charge is 0.256 e. The van der Waals surface area contributed by atoms with Crippen LogP contribution >= 0.6 is 39.1 Å². The molecule has 0 radical (unpaired) electrons. The summed E-state index contributed by atoms with van der Waals surface area (Å²) < 4.78 is 8.32. The molecule has 0 aliphatic heterocycles. The Morgan fingerprint density at radius 1 is 1.09 bits per heavy atom. The number of benzene rings is 3. The quantitative estimate of drug-likeness (QED) is 0.256. The molecule has 1 N–H and O–H groups in total. The maximum Gasteiger partial charge on any atom is 0.256 e. The summed E-state index contributed by atoms with van der Waals surface area (Å²) >= 11 is 15.7. The molecule has 0 saturated heterocycles. The zero-order chi connectivity index (χ0) is 24.2. The van der Waals surface area contributed by atoms with Gasteiger partial charge in [0.1, 0.15) is 12.4 Å². The maximum atomic E-state index is 12.9. The third kappa shape index (κ3) is 6.00. The van der Waals surface area contributed by atoms with Crippen molar-refractivity contribution in [2.45, 2.75) is 27.0 Å². The first-order valence-electron chi connectivity index (χ1n) is 10.6. The normalized spacial score (nSPS) is 10.9. The molecule has 0 bridgehead atoms. The van der Waals surface area contributed by atoms with Gasteiger partial charge in [0, 0.05) is 21.8 Å². The Kier molecular flexibility index (Phi) is 7.61. The highest BCUT2D eigenvalue weighted by molar-refractivity contribution is 9.10. The van der Waals surface area contributed by atoms with Crippen molar-refractivity contribution >= 4 is 50.9 Å². The Morgan fingerprint density at radius 3 is 2.68 bits per heavy atom. The van der Waals surface area contributed by atoms with Gasteiger partial charge in [0.25, 0.3) is 5.91 Å². The van der Waals surface area contributed by atoms with Crippen LogP contribution in [-0.4, -0.2) is 15.7 Å². The molecule has 1 heterocycles. The van der Waals surface area contributed by atoms with Crippen LogP contribution in [0.2, 0.25) is 10.0 Å². The zero-order valence-electron chi connectivity index (χ0n) is 18.6. The molecule has 4 aromatic rings. The molecule has 1 amide bonds. The highest BCUT2D eigenvalue weighted by Gasteiger charge is 2.14. The van der Waals surface area contributed by atoms with E-state index >= 15 is 0 Å². The molecule has 0 spiro atoms. The summed E-state index contributed by atoms with van der Waals surface area (Å²) in [6.07, 6.45) is 1.79. The van der Waals surface area contributed by atoms with Gasteiger partial charge < -0.3 is 10.1 Å². The molecule has 8 heteroatoms. The monoisotopic (exact) mass is 557 g/mol. The minimum Gasteiger partial charge on any atom is -0.489 e. The van der Waals surface area contributed by atoms with E-state index in [1.165, 1.54) is 5.56 Å². The lowest BCUT2D eigenvalue weighted by atomic mass is 10.1. The van der Waals surface area contributed by atoms with Crippen LogP contribution in [0.1, 0.15) is 32.6 Å². The van der Waals surface area contributed by atoms with Gasteiger partial charge in [0.15, 0.2) is 5.82 Å². The number of aryl methyl sites for hydroxylation is 2. The van der Waals surface area contributed by atoms with Gasteiger partial charge in [-0.25, -0.2) is 0 Å². The standard InChI is InChI=1S/C26H22BrCl2N3O2/c1-16-6-9-24(17(2)10-16)34-15-18-4-3-5-19(11-18)26(33)30-25-22(27)14-32(31-25)13-20-7-8-21(28)12-23(20)29/h3-12,14H,13,15H2,1-2H3,(H,30,31,33). The third-order valence-electron chi connectivity index (χ3n) is 5.21. The lowest BCUT2D eigenvalue weighted by molar-refractivity contribution is 0.102. The van der Waals surface area contributed by atoms with Gasteiger partial charge in [-0.2, -0.15) is 5.10 Å². The predicted octanol–water partition coefficient (Wildman–Crippen LogP) is 7.45. The topological polar surface area (TPSA) is 56.1 Å². The average molecular weight is 559 g/mol. The number of nitrogens with zero attached hydrogens (tertiary/aromatic N) is 2. The van der Waals surface area contributed by atoms with Crippen LogP contribution in [0.4, 0.5) is 5.82 Å². The number of rotatable bonds is 7. The molecule has 4 rings (SSSR count). The molecule has 0 unspecified atom stereocenters. The van der Waals surface area contributed by atoms with Crippen LogP contribution in [0.5, 0.6) is 5.75 Å². The second-order valence-electron chi connectivity index (χ2n) is 7.97. The number of amides is 1. The van der Waals surface area contributed by atoms with Gasteiger partial charge in [-0.15, -0.1) is 0 Å². The first-order valence-corrected chi connectivity index (χ1v) is 12.1. The van der Waals surface area contributed by atoms with Crippen molar-refractivity contribution in [3.05, 3.63) is 109 Å². The van der Waals surface area contributed by atoms with Crippen LogP contribution in [0, 0.1) is 13.8 Å². The van der Waals surface area contributed by atoms with E-state index in [-0.39, 0.29) is 5.91 Å². The van der Waals surface area contributed by atoms with Crippen molar-refractivity contribution < 1.29 is 9.53 Å². The van der Waals surface area contributed by atoms with E-state index in [0.717, 1.165) is 22.4 Å². The second kappa shape index (κ2) is 10.6. The predicted molar refractivity (Wildman–Crippen MR) is 140 cm³/mol. The molecular weight excluding hydrogens is 537 g/mol. The fraction of sp³-hybridized carbons (Fsp3) is 0.154. The lowest BCUT2D eigenvalue weighted by Gasteiger charge is -2.11. The molecule has 5 nitrogen and oxygen atoms in total. The number of ether oxygens (including phenoxy) is 1. The molecule has 0 fully saturated rings. The third-order valence-corrected chi connectivity index (χ3v) is 6.38. The highest BCUT2D eigenvalue weighted by atomic mass is 79.9. The van der Waals surface area contributed by atoms with Gasteiger partial charge in [-0.05, 0) is 76.8 Å². The van der Waals surface area contributed by atoms with E-state index in [0.29, 0.717) is 39.1 Å². The number of hydrogen-bond acceptors (Lipinski definition) is 3. The molecule has 3 aromatic carbocycles. The molecule has 0 aliphatic carbocycles. The SMILES string of the molecule is Cc1ccc(OCc2cccc(C(=O)Nc3nn(Cc4ccc(Cl)cc4Cl)cc3Br)c2)c(C)c1. The Morgan fingerprint density at radius 2 is 1.91 bits per heavy atom. The summed E-state index contributed by atoms with van der Waals surface area (Å²) in [7, 11) is 0. The minimum absolute atomic E-state index is 0.260. The molecule has 0 atom stereocenters. The van der Waals surface area contributed by atoms with Crippen LogP contribution in [0.3, 0.4) is 0 Å². The first kappa shape index (κ1) is 24.3. The molecule has 0 aliphatic rings. The number of aromatic nitrogens is 2. The Hall–Kier alpha value is -2.80. The fourth-order valence-corrected chi connectivity index (χ4v) is 4.37. The second-order valence-corrected chi connectivity index (χ2v) is 9.67. The average Bonchev–Trinajstić information content (AvgIpc) is 3.14. The minimum atomic E-state index is -0.260. The molecule has 174 valence electrons. The summed E-state index contributed by atoms with van der Waals surface area (Å²) in [4.78, 5) is 12.9. The van der Waals surface area contributed by atoms with E-state index in [1.54, 1.807) is 29.1 Å². The van der Waals surface area contributed by atoms with E-state index in [9.17, 15) is 4.79 Å². The lowest BCUT2D eigenvalue weighted by Crippen LogP contribution is -2.13. The van der Waals surface area contributed by atoms with Crippen LogP contribution in [0.25, 0.3) is 0 Å². The first-order chi connectivity index (χ1) is 16.3. The van der Waals surface area contributed by atoms with E-state index in [2.05, 4.69) is 32.4 Å². The van der Waals surface area contributed by atoms with Crippen molar-refractivity contribution in [3.8, 4) is 5.75 Å². The largest absolute Gasteiger partial charge is 0.489 e. The summed E-state index contributed by atoms with van der Waals surface area (Å²) in [6, 6.07) is 18.7. The van der Waals surface area contributed by atoms with Gasteiger partial charge >= 0.3 is 0 Å². The molecule has 1 aromatic heterocycles. The van der Waals surface area contributed by atoms with Crippen molar-refractivity contribution in [2.75, 3.05) is 5.32 Å². The summed E-state index contributed by atoms with van der Waals surface area (Å²) in [5.41, 5.74) is 4.55. The van der Waals surface area contributed by atoms with Crippen molar-refractivity contribution in [1.29, 1.82) is 0 Å². The summed E-state index contributed by atoms with van der Waals surface area (Å²) in [5.74, 6) is 0.992. The number of nitrogens with one attached hydrogen (secondary N) is 1.